The van der Waals surface area contributed by atoms with Crippen LogP contribution >= 0.6 is 34.4 Å². The molecule has 0 bridgehead atoms. The van der Waals surface area contributed by atoms with Crippen molar-refractivity contribution in [3.63, 3.8) is 0 Å². The zero-order valence-electron chi connectivity index (χ0n) is 19.2. The molecule has 3 aromatic rings. The van der Waals surface area contributed by atoms with E-state index < -0.39 is 29.7 Å². The maximum absolute atomic E-state index is 13.4. The van der Waals surface area contributed by atoms with Gasteiger partial charge in [-0.15, -0.1) is 22.7 Å². The molecule has 3 rings (SSSR count). The highest BCUT2D eigenvalue weighted by Gasteiger charge is 2.34. The Labute approximate surface area is 216 Å². The Morgan fingerprint density at radius 3 is 2.42 bits per heavy atom. The van der Waals surface area contributed by atoms with E-state index in [0.29, 0.717) is 22.2 Å². The fourth-order valence-corrected chi connectivity index (χ4v) is 5.37. The highest BCUT2D eigenvalue weighted by atomic mass is 32.2. The van der Waals surface area contributed by atoms with Crippen LogP contribution in [0.25, 0.3) is 10.6 Å². The summed E-state index contributed by atoms with van der Waals surface area (Å²) in [5.74, 6) is -2.37. The average molecular weight is 560 g/mol. The summed E-state index contributed by atoms with van der Waals surface area (Å²) in [4.78, 5) is 45.7. The third-order valence-electron chi connectivity index (χ3n) is 4.44. The van der Waals surface area contributed by atoms with Crippen molar-refractivity contribution in [2.24, 2.45) is 0 Å². The highest BCUT2D eigenvalue weighted by Crippen LogP contribution is 2.35. The van der Waals surface area contributed by atoms with Crippen molar-refractivity contribution in [2.75, 3.05) is 24.3 Å². The number of alkyl halides is 3. The maximum Gasteiger partial charge on any atom is 0.433 e. The van der Waals surface area contributed by atoms with E-state index in [1.165, 1.54) is 18.3 Å². The standard InChI is InChI=1S/C22H20F3N3O5S3/c1-4-32-19(30)16-11(3)17(20(31)33-5-2)36-18(16)28-15(29)10-35-21-26-12(13-7-6-8-34-13)9-14(27-21)22(23,24)25/h6-9H,4-5,10H2,1-3H3,(H,28,29). The smallest absolute Gasteiger partial charge is 0.433 e. The number of anilines is 1. The zero-order valence-corrected chi connectivity index (χ0v) is 21.7. The molecule has 0 radical (unpaired) electrons. The van der Waals surface area contributed by atoms with Gasteiger partial charge in [-0.25, -0.2) is 19.6 Å². The van der Waals surface area contributed by atoms with Crippen molar-refractivity contribution in [2.45, 2.75) is 32.1 Å². The fraction of sp³-hybridized carbons (Fsp3) is 0.318. The SMILES string of the molecule is CCOC(=O)c1sc(NC(=O)CSc2nc(-c3cccs3)cc(C(F)(F)F)n2)c(C(=O)OCC)c1C. The number of nitrogens with zero attached hydrogens (tertiary/aromatic N) is 2. The minimum atomic E-state index is -4.70. The van der Waals surface area contributed by atoms with Gasteiger partial charge in [-0.05, 0) is 43.8 Å². The van der Waals surface area contributed by atoms with E-state index >= 15 is 0 Å². The molecule has 0 aliphatic heterocycles. The van der Waals surface area contributed by atoms with Gasteiger partial charge in [0, 0.05) is 0 Å². The van der Waals surface area contributed by atoms with Crippen LogP contribution in [0.1, 0.15) is 45.1 Å². The number of carbonyl (C=O) groups excluding carboxylic acids is 3. The van der Waals surface area contributed by atoms with Gasteiger partial charge in [-0.1, -0.05) is 17.8 Å². The van der Waals surface area contributed by atoms with Gasteiger partial charge in [0.05, 0.1) is 35.1 Å². The Balaban J connectivity index is 1.83. The predicted octanol–water partition coefficient (Wildman–Crippen LogP) is 5.68. The van der Waals surface area contributed by atoms with Gasteiger partial charge in [0.25, 0.3) is 0 Å². The number of esters is 2. The van der Waals surface area contributed by atoms with E-state index in [-0.39, 0.29) is 45.3 Å². The highest BCUT2D eigenvalue weighted by molar-refractivity contribution is 7.99. The molecule has 3 heterocycles. The van der Waals surface area contributed by atoms with Crippen LogP contribution in [-0.4, -0.2) is 46.8 Å². The van der Waals surface area contributed by atoms with Gasteiger partial charge in [0.1, 0.15) is 15.6 Å². The summed E-state index contributed by atoms with van der Waals surface area (Å²) >= 11 is 2.78. The first-order valence-electron chi connectivity index (χ1n) is 10.5. The van der Waals surface area contributed by atoms with Crippen LogP contribution in [0.3, 0.4) is 0 Å². The summed E-state index contributed by atoms with van der Waals surface area (Å²) in [5, 5.41) is 4.09. The summed E-state index contributed by atoms with van der Waals surface area (Å²) in [6, 6.07) is 4.17. The molecule has 36 heavy (non-hydrogen) atoms. The molecule has 0 spiro atoms. The number of carbonyl (C=O) groups is 3. The zero-order chi connectivity index (χ0) is 26.5. The Morgan fingerprint density at radius 2 is 1.81 bits per heavy atom. The second-order valence-corrected chi connectivity index (χ2v) is 9.84. The molecular formula is C22H20F3N3O5S3. The van der Waals surface area contributed by atoms with Gasteiger partial charge in [-0.2, -0.15) is 13.2 Å². The van der Waals surface area contributed by atoms with Gasteiger partial charge in [0.15, 0.2) is 5.16 Å². The number of aromatic nitrogens is 2. The number of halogens is 3. The third kappa shape index (κ3) is 6.62. The van der Waals surface area contributed by atoms with Crippen LogP contribution in [0.15, 0.2) is 28.7 Å². The van der Waals surface area contributed by atoms with Gasteiger partial charge >= 0.3 is 18.1 Å². The number of ether oxygens (including phenoxy) is 2. The van der Waals surface area contributed by atoms with E-state index in [1.807, 2.05) is 0 Å². The van der Waals surface area contributed by atoms with E-state index in [9.17, 15) is 27.6 Å². The summed E-state index contributed by atoms with van der Waals surface area (Å²) in [7, 11) is 0. The average Bonchev–Trinajstić information content (AvgIpc) is 3.46. The monoisotopic (exact) mass is 559 g/mol. The quantitative estimate of drug-likeness (QED) is 0.203. The lowest BCUT2D eigenvalue weighted by atomic mass is 10.1. The van der Waals surface area contributed by atoms with Crippen LogP contribution in [0.5, 0.6) is 0 Å². The number of nitrogens with one attached hydrogen (secondary N) is 1. The Hall–Kier alpha value is -2.97. The molecule has 192 valence electrons. The first kappa shape index (κ1) is 27.6. The van der Waals surface area contributed by atoms with Gasteiger partial charge in [0.2, 0.25) is 5.91 Å². The topological polar surface area (TPSA) is 107 Å². The van der Waals surface area contributed by atoms with Crippen molar-refractivity contribution in [3.8, 4) is 10.6 Å². The molecule has 0 atom stereocenters. The van der Waals surface area contributed by atoms with Gasteiger partial charge < -0.3 is 14.8 Å². The second kappa shape index (κ2) is 11.8. The summed E-state index contributed by atoms with van der Waals surface area (Å²) in [6.07, 6.45) is -4.70. The Kier molecular flexibility index (Phi) is 9.08. The second-order valence-electron chi connectivity index (χ2n) is 6.93. The van der Waals surface area contributed by atoms with Crippen LogP contribution in [0.2, 0.25) is 0 Å². The molecule has 0 saturated heterocycles. The summed E-state index contributed by atoms with van der Waals surface area (Å²) in [5.41, 5.74) is -0.727. The molecule has 3 aromatic heterocycles. The normalized spacial score (nSPS) is 11.3. The molecule has 1 N–H and O–H groups in total. The minimum absolute atomic E-state index is 0.0125. The van der Waals surface area contributed by atoms with E-state index in [4.69, 9.17) is 9.47 Å². The maximum atomic E-state index is 13.4. The number of hydrogen-bond donors (Lipinski definition) is 1. The van der Waals surface area contributed by atoms with Crippen LogP contribution in [-0.2, 0) is 20.4 Å². The van der Waals surface area contributed by atoms with Crippen molar-refractivity contribution in [1.29, 1.82) is 0 Å². The van der Waals surface area contributed by atoms with E-state index in [1.54, 1.807) is 31.4 Å². The largest absolute Gasteiger partial charge is 0.462 e. The molecule has 14 heteroatoms. The number of rotatable bonds is 9. The molecule has 0 aliphatic carbocycles. The molecule has 0 unspecified atom stereocenters. The minimum Gasteiger partial charge on any atom is -0.462 e. The van der Waals surface area contributed by atoms with Crippen molar-refractivity contribution in [3.05, 3.63) is 45.3 Å². The lowest BCUT2D eigenvalue weighted by molar-refractivity contribution is -0.141. The molecule has 1 amide bonds. The van der Waals surface area contributed by atoms with Crippen LogP contribution < -0.4 is 5.32 Å². The first-order chi connectivity index (χ1) is 17.0. The number of thiophene rings is 2. The molecule has 0 saturated carbocycles. The Bertz CT molecular complexity index is 1260. The summed E-state index contributed by atoms with van der Waals surface area (Å²) in [6.45, 7) is 4.97. The summed E-state index contributed by atoms with van der Waals surface area (Å²) < 4.78 is 50.1. The Morgan fingerprint density at radius 1 is 1.11 bits per heavy atom. The number of amides is 1. The molecule has 8 nitrogen and oxygen atoms in total. The molecule has 0 fully saturated rings. The van der Waals surface area contributed by atoms with Crippen molar-refractivity contribution in [1.82, 2.24) is 9.97 Å². The number of hydrogen-bond acceptors (Lipinski definition) is 10. The molecule has 0 aromatic carbocycles. The lowest BCUT2D eigenvalue weighted by Crippen LogP contribution is -2.17. The number of thioether (sulfide) groups is 1. The predicted molar refractivity (Wildman–Crippen MR) is 131 cm³/mol. The lowest BCUT2D eigenvalue weighted by Gasteiger charge is -2.10. The van der Waals surface area contributed by atoms with Crippen molar-refractivity contribution < 1.29 is 37.0 Å². The van der Waals surface area contributed by atoms with E-state index in [2.05, 4.69) is 15.3 Å². The van der Waals surface area contributed by atoms with E-state index in [0.717, 1.165) is 17.4 Å². The van der Waals surface area contributed by atoms with Crippen LogP contribution in [0, 0.1) is 6.92 Å². The molecular weight excluding hydrogens is 539 g/mol. The first-order valence-corrected chi connectivity index (χ1v) is 13.1. The van der Waals surface area contributed by atoms with Crippen molar-refractivity contribution >= 4 is 57.3 Å². The van der Waals surface area contributed by atoms with Gasteiger partial charge in [-0.3, -0.25) is 4.79 Å². The third-order valence-corrected chi connectivity index (χ3v) is 7.37. The molecule has 0 aliphatic rings. The van der Waals surface area contributed by atoms with Crippen LogP contribution in [0.4, 0.5) is 18.2 Å². The fourth-order valence-electron chi connectivity index (χ4n) is 2.92.